The first-order valence-corrected chi connectivity index (χ1v) is 22.1. The molecule has 13 heteroatoms. The minimum Gasteiger partial charge on any atom is -0.506 e. The van der Waals surface area contributed by atoms with E-state index in [0.29, 0.717) is 35.1 Å². The Morgan fingerprint density at radius 3 is 2.77 bits per heavy atom. The lowest BCUT2D eigenvalue weighted by atomic mass is 9.69. The number of aryl methyl sites for hydroxylation is 1. The smallest absolute Gasteiger partial charge is 0.254 e. The Morgan fingerprint density at radius 1 is 1.03 bits per heavy atom. The van der Waals surface area contributed by atoms with Crippen molar-refractivity contribution in [2.75, 3.05) is 26.9 Å². The van der Waals surface area contributed by atoms with Gasteiger partial charge in [-0.3, -0.25) is 9.59 Å². The van der Waals surface area contributed by atoms with Crippen LogP contribution in [0.4, 0.5) is 0 Å². The molecule has 1 aromatic heterocycles. The number of allylic oxidation sites excluding steroid dienone is 2. The molecular formula is C51H46N2O11. The van der Waals surface area contributed by atoms with Crippen LogP contribution in [0.3, 0.4) is 0 Å². The maximum absolute atomic E-state index is 15.3. The number of carbonyl (C=O) groups is 2. The van der Waals surface area contributed by atoms with E-state index in [4.69, 9.17) is 23.7 Å². The maximum atomic E-state index is 15.3. The maximum Gasteiger partial charge on any atom is 0.254 e. The van der Waals surface area contributed by atoms with Crippen molar-refractivity contribution in [3.05, 3.63) is 111 Å². The summed E-state index contributed by atoms with van der Waals surface area (Å²) in [6, 6.07) is 13.2. The molecule has 13 nitrogen and oxygen atoms in total. The van der Waals surface area contributed by atoms with Crippen LogP contribution < -0.4 is 9.47 Å². The van der Waals surface area contributed by atoms with Crippen LogP contribution in [0.1, 0.15) is 97.4 Å². The van der Waals surface area contributed by atoms with E-state index in [9.17, 15) is 25.2 Å². The number of aliphatic hydroxyl groups is 3. The predicted molar refractivity (Wildman–Crippen MR) is 234 cm³/mol. The summed E-state index contributed by atoms with van der Waals surface area (Å²) in [5, 5.41) is 50.7. The zero-order valence-corrected chi connectivity index (χ0v) is 35.1. The van der Waals surface area contributed by atoms with Gasteiger partial charge < -0.3 is 54.0 Å². The topological polar surface area (TPSA) is 180 Å². The molecule has 12 rings (SSSR count). The summed E-state index contributed by atoms with van der Waals surface area (Å²) in [5.41, 5.74) is 5.21. The van der Waals surface area contributed by atoms with Gasteiger partial charge >= 0.3 is 0 Å². The van der Waals surface area contributed by atoms with Gasteiger partial charge in [-0.1, -0.05) is 54.8 Å². The summed E-state index contributed by atoms with van der Waals surface area (Å²) in [5.74, 6) is 2.57. The van der Waals surface area contributed by atoms with Crippen molar-refractivity contribution >= 4 is 45.0 Å². The highest BCUT2D eigenvalue weighted by Gasteiger charge is 2.59. The van der Waals surface area contributed by atoms with Crippen LogP contribution in [0.25, 0.3) is 33.3 Å². The first kappa shape index (κ1) is 39.5. The van der Waals surface area contributed by atoms with Gasteiger partial charge in [-0.05, 0) is 83.6 Å². The Morgan fingerprint density at radius 2 is 1.91 bits per heavy atom. The van der Waals surface area contributed by atoms with Crippen molar-refractivity contribution in [1.82, 2.24) is 9.88 Å². The van der Waals surface area contributed by atoms with Crippen LogP contribution in [0.2, 0.25) is 0 Å². The molecule has 1 saturated heterocycles. The molecule has 8 bridgehead atoms. The fourth-order valence-electron chi connectivity index (χ4n) is 11.8. The van der Waals surface area contributed by atoms with E-state index in [1.165, 1.54) is 4.90 Å². The molecule has 1 amide bonds. The lowest BCUT2D eigenvalue weighted by Gasteiger charge is -2.47. The van der Waals surface area contributed by atoms with Crippen molar-refractivity contribution in [3.8, 4) is 29.3 Å². The van der Waals surface area contributed by atoms with Gasteiger partial charge in [-0.15, -0.1) is 0 Å². The Kier molecular flexibility index (Phi) is 9.06. The second-order valence-corrected chi connectivity index (χ2v) is 18.1. The van der Waals surface area contributed by atoms with Gasteiger partial charge in [0.1, 0.15) is 41.7 Å². The fourth-order valence-corrected chi connectivity index (χ4v) is 11.8. The molecule has 64 heavy (non-hydrogen) atoms. The number of nitrogens with zero attached hydrogens (tertiary/aromatic N) is 1. The van der Waals surface area contributed by atoms with Crippen molar-refractivity contribution < 1.29 is 53.7 Å². The van der Waals surface area contributed by atoms with Gasteiger partial charge in [-0.2, -0.15) is 0 Å². The number of aliphatic hydroxyl groups excluding tert-OH is 2. The minimum atomic E-state index is -2.44. The zero-order valence-electron chi connectivity index (χ0n) is 35.1. The second-order valence-electron chi connectivity index (χ2n) is 18.1. The first-order valence-electron chi connectivity index (χ1n) is 22.1. The molecule has 0 spiro atoms. The Bertz CT molecular complexity index is 2970. The highest BCUT2D eigenvalue weighted by atomic mass is 16.7. The lowest BCUT2D eigenvalue weighted by Crippen LogP contribution is -2.70. The van der Waals surface area contributed by atoms with E-state index in [1.54, 1.807) is 25.3 Å². The molecule has 2 fully saturated rings. The normalized spacial score (nSPS) is 29.4. The largest absolute Gasteiger partial charge is 0.506 e. The Hall–Kier alpha value is -6.14. The number of hydrogen-bond acceptors (Lipinski definition) is 11. The summed E-state index contributed by atoms with van der Waals surface area (Å²) in [6.45, 7) is -1.31. The van der Waals surface area contributed by atoms with E-state index in [1.807, 2.05) is 42.6 Å². The van der Waals surface area contributed by atoms with Gasteiger partial charge in [0.05, 0.1) is 43.4 Å². The van der Waals surface area contributed by atoms with Crippen molar-refractivity contribution in [2.24, 2.45) is 5.92 Å². The highest BCUT2D eigenvalue weighted by Crippen LogP contribution is 2.60. The SMILES string of the molecule is COc1c2c3c4c(O)c(c5c6c4c1CCC6=C[C@@H]1CCC[C@H]51)C(=O)CN1Cc4c(cccc4C1=O)CC#CO[C@H]1[C@H](O)[C@@H](CO[C@@H](c4c[nH]c5ccccc45)/C=C/2)O[C@H](O3)[C@@]1(O)CO. The number of aromatic nitrogens is 1. The number of amides is 1. The van der Waals surface area contributed by atoms with Crippen LogP contribution in [0.15, 0.2) is 60.8 Å². The number of nitrogens with one attached hydrogen (secondary N) is 1. The average molecular weight is 863 g/mol. The monoisotopic (exact) mass is 862 g/mol. The fraction of sp³-hybridized carbons (Fsp3) is 0.373. The van der Waals surface area contributed by atoms with Gasteiger partial charge in [-0.25, -0.2) is 0 Å². The molecule has 326 valence electrons. The van der Waals surface area contributed by atoms with Gasteiger partial charge in [0.25, 0.3) is 5.91 Å². The number of Topliss-reactive ketones (excluding diaryl/α,β-unsaturated/α-hetero) is 1. The van der Waals surface area contributed by atoms with E-state index >= 15 is 4.79 Å². The number of rotatable bonds is 3. The van der Waals surface area contributed by atoms with Crippen molar-refractivity contribution in [2.45, 2.75) is 87.3 Å². The highest BCUT2D eigenvalue weighted by molar-refractivity contribution is 6.17. The predicted octanol–water partition coefficient (Wildman–Crippen LogP) is 5.98. The number of hydrogen-bond donors (Lipinski definition) is 5. The van der Waals surface area contributed by atoms with Gasteiger partial charge in [0.2, 0.25) is 6.29 Å². The number of benzene rings is 4. The number of ketones is 1. The quantitative estimate of drug-likeness (QED) is 0.135. The number of aromatic amines is 1. The minimum absolute atomic E-state index is 0.0165. The summed E-state index contributed by atoms with van der Waals surface area (Å²) >= 11 is 0. The molecule has 7 aliphatic rings. The van der Waals surface area contributed by atoms with Crippen LogP contribution in [0, 0.1) is 17.9 Å². The molecule has 4 aliphatic heterocycles. The standard InChI is InChI=1S/C51H46N2O11/c1-60-46-31-15-14-27-19-26-8-5-11-28(26)40-39(27)41(31)43-45(57)42(40)36(55)22-53-21-34-25(7-4-12-30(34)49(53)58)9-6-18-61-48-44(56)38-23-62-37(33-20-52-35-13-3-2-10-29(33)35)17-16-32(46)47(43)64-50(63-38)51(48,59)24-54/h2-4,7,10,12-13,16-17,19-20,26,28,37-38,44,48,50,52,54,56-57,59H,5,8-9,11,14-15,21-24H2,1H3/b17-16+/t26-,28-,37+,38+,44+,48-,50+,51+/m0/s1. The van der Waals surface area contributed by atoms with Crippen LogP contribution in [-0.2, 0) is 33.6 Å². The number of phenols is 1. The number of methoxy groups -OCH3 is 1. The number of para-hydroxylation sites is 1. The van der Waals surface area contributed by atoms with E-state index in [0.717, 1.165) is 69.1 Å². The molecule has 3 aliphatic carbocycles. The molecule has 0 radical (unpaired) electrons. The van der Waals surface area contributed by atoms with Crippen molar-refractivity contribution in [1.29, 1.82) is 0 Å². The van der Waals surface area contributed by atoms with E-state index in [-0.39, 0.29) is 66.3 Å². The summed E-state index contributed by atoms with van der Waals surface area (Å²) in [4.78, 5) is 34.2. The van der Waals surface area contributed by atoms with Gasteiger partial charge in [0.15, 0.2) is 17.5 Å². The average Bonchev–Trinajstić information content (AvgIpc) is 4.03. The lowest BCUT2D eigenvalue weighted by molar-refractivity contribution is -0.328. The molecule has 8 atom stereocenters. The zero-order chi connectivity index (χ0) is 43.6. The number of H-pyrrole nitrogens is 1. The third-order valence-electron chi connectivity index (χ3n) is 14.8. The third-order valence-corrected chi connectivity index (χ3v) is 14.8. The third kappa shape index (κ3) is 5.63. The summed E-state index contributed by atoms with van der Waals surface area (Å²) in [6.07, 6.45) is 7.72. The molecule has 5 N–H and O–H groups in total. The molecule has 0 unspecified atom stereocenters. The van der Waals surface area contributed by atoms with E-state index in [2.05, 4.69) is 23.1 Å². The van der Waals surface area contributed by atoms with Crippen LogP contribution in [0.5, 0.6) is 17.2 Å². The molecule has 1 saturated carbocycles. The number of aromatic hydroxyl groups is 1. The number of phenolic OH excluding ortho intramolecular Hbond substituents is 1. The van der Waals surface area contributed by atoms with Gasteiger partial charge in [0, 0.05) is 52.1 Å². The first-order chi connectivity index (χ1) is 31.2. The van der Waals surface area contributed by atoms with E-state index < -0.39 is 48.7 Å². The van der Waals surface area contributed by atoms with Crippen molar-refractivity contribution in [3.63, 3.8) is 0 Å². The number of fused-ring (bicyclic) bond motifs is 8. The number of ether oxygens (including phenoxy) is 5. The molecule has 5 aromatic rings. The molecule has 5 heterocycles. The molecule has 4 aromatic carbocycles. The molecular weight excluding hydrogens is 817 g/mol. The van der Waals surface area contributed by atoms with Crippen LogP contribution >= 0.6 is 0 Å². The second kappa shape index (κ2) is 14.7. The summed E-state index contributed by atoms with van der Waals surface area (Å²) in [7, 11) is 1.57. The Labute approximate surface area is 367 Å². The Balaban J connectivity index is 1.17. The van der Waals surface area contributed by atoms with Crippen LogP contribution in [-0.4, -0.2) is 99.1 Å². The summed E-state index contributed by atoms with van der Waals surface area (Å²) < 4.78 is 32.5. The number of carbonyl (C=O) groups excluding carboxylic acids is 2.